The Balaban J connectivity index is 2.03. The van der Waals surface area contributed by atoms with Crippen LogP contribution in [0.25, 0.3) is 0 Å². The molecule has 0 saturated carbocycles. The van der Waals surface area contributed by atoms with E-state index in [9.17, 15) is 9.59 Å². The summed E-state index contributed by atoms with van der Waals surface area (Å²) in [5.41, 5.74) is 2.61. The Bertz CT molecular complexity index is 835. The smallest absolute Gasteiger partial charge is 0.372 e. The molecule has 0 bridgehead atoms. The zero-order chi connectivity index (χ0) is 16.2. The largest absolute Gasteiger partial charge is 0.422 e. The number of hydrogen-bond donors (Lipinski definition) is 0. The van der Waals surface area contributed by atoms with Gasteiger partial charge in [-0.2, -0.15) is 0 Å². The van der Waals surface area contributed by atoms with Crippen LogP contribution in [0.1, 0.15) is 22.4 Å². The lowest BCUT2D eigenvalue weighted by Gasteiger charge is -2.12. The zero-order valence-corrected chi connectivity index (χ0v) is 12.9. The van der Waals surface area contributed by atoms with Crippen molar-refractivity contribution in [2.75, 3.05) is 0 Å². The highest BCUT2D eigenvalue weighted by atomic mass is 16.4. The summed E-state index contributed by atoms with van der Waals surface area (Å²) in [6.45, 7) is 2.18. The summed E-state index contributed by atoms with van der Waals surface area (Å²) in [5, 5.41) is 0. The van der Waals surface area contributed by atoms with Crippen molar-refractivity contribution in [1.29, 1.82) is 0 Å². The Morgan fingerprint density at radius 2 is 1.43 bits per heavy atom. The third kappa shape index (κ3) is 3.31. The second kappa shape index (κ2) is 6.48. The highest BCUT2D eigenvalue weighted by molar-refractivity contribution is 5.27. The van der Waals surface area contributed by atoms with Gasteiger partial charge in [-0.25, -0.2) is 9.59 Å². The average molecular weight is 307 g/mol. The van der Waals surface area contributed by atoms with E-state index in [1.165, 1.54) is 4.57 Å². The van der Waals surface area contributed by atoms with Crippen LogP contribution in [0.5, 0.6) is 0 Å². The van der Waals surface area contributed by atoms with E-state index in [2.05, 4.69) is 0 Å². The highest BCUT2D eigenvalue weighted by Gasteiger charge is 2.14. The molecular weight excluding hydrogens is 290 g/mol. The van der Waals surface area contributed by atoms with Crippen molar-refractivity contribution in [3.05, 3.63) is 104 Å². The molecular formula is C19H17NO3. The second-order valence-corrected chi connectivity index (χ2v) is 5.45. The predicted octanol–water partition coefficient (Wildman–Crippen LogP) is 2.75. The molecule has 0 spiro atoms. The Morgan fingerprint density at radius 3 is 2.04 bits per heavy atom. The summed E-state index contributed by atoms with van der Waals surface area (Å²) in [5.74, 6) is -0.617. The Kier molecular flexibility index (Phi) is 4.24. The van der Waals surface area contributed by atoms with Crippen molar-refractivity contribution in [2.45, 2.75) is 19.9 Å². The van der Waals surface area contributed by atoms with E-state index in [0.29, 0.717) is 24.2 Å². The topological polar surface area (TPSA) is 52.2 Å². The molecule has 0 atom stereocenters. The van der Waals surface area contributed by atoms with Crippen molar-refractivity contribution in [2.24, 2.45) is 0 Å². The molecule has 0 aliphatic carbocycles. The maximum absolute atomic E-state index is 12.1. The van der Waals surface area contributed by atoms with E-state index in [1.54, 1.807) is 6.92 Å². The van der Waals surface area contributed by atoms with Crippen LogP contribution in [0, 0.1) is 6.92 Å². The van der Waals surface area contributed by atoms with Gasteiger partial charge in [-0.3, -0.25) is 4.57 Å². The van der Waals surface area contributed by atoms with Crippen LogP contribution in [0.2, 0.25) is 0 Å². The molecule has 1 aromatic heterocycles. The first-order valence-corrected chi connectivity index (χ1v) is 7.46. The standard InChI is InChI=1S/C19H17NO3/c1-14-17(12-15-8-4-2-5-9-15)18(21)23-19(22)20(14)13-16-10-6-3-7-11-16/h2-11H,12-13H2,1H3. The molecule has 3 aromatic rings. The van der Waals surface area contributed by atoms with Gasteiger partial charge < -0.3 is 4.42 Å². The normalized spacial score (nSPS) is 10.7. The fraction of sp³-hybridized carbons (Fsp3) is 0.158. The van der Waals surface area contributed by atoms with Crippen LogP contribution < -0.4 is 11.4 Å². The van der Waals surface area contributed by atoms with Gasteiger partial charge in [-0.1, -0.05) is 60.7 Å². The fourth-order valence-corrected chi connectivity index (χ4v) is 2.59. The van der Waals surface area contributed by atoms with E-state index in [0.717, 1.165) is 11.1 Å². The molecule has 4 heteroatoms. The molecule has 0 fully saturated rings. The summed E-state index contributed by atoms with van der Waals surface area (Å²) in [6.07, 6.45) is 0.448. The first-order valence-electron chi connectivity index (χ1n) is 7.46. The van der Waals surface area contributed by atoms with Gasteiger partial charge in [0, 0.05) is 12.1 Å². The molecule has 0 unspecified atom stereocenters. The maximum atomic E-state index is 12.1. The second-order valence-electron chi connectivity index (χ2n) is 5.45. The van der Waals surface area contributed by atoms with Gasteiger partial charge in [0.15, 0.2) is 0 Å². The van der Waals surface area contributed by atoms with Crippen LogP contribution in [0.3, 0.4) is 0 Å². The molecule has 2 aromatic carbocycles. The van der Waals surface area contributed by atoms with Gasteiger partial charge >= 0.3 is 11.4 Å². The number of benzene rings is 2. The van der Waals surface area contributed by atoms with Crippen LogP contribution in [0.15, 0.2) is 74.7 Å². The van der Waals surface area contributed by atoms with Gasteiger partial charge in [-0.05, 0) is 18.1 Å². The molecule has 0 N–H and O–H groups in total. The first kappa shape index (κ1) is 15.0. The summed E-state index contributed by atoms with van der Waals surface area (Å²) in [6, 6.07) is 19.3. The van der Waals surface area contributed by atoms with Crippen molar-refractivity contribution in [3.8, 4) is 0 Å². The highest BCUT2D eigenvalue weighted by Crippen LogP contribution is 2.10. The molecule has 116 valence electrons. The summed E-state index contributed by atoms with van der Waals surface area (Å²) < 4.78 is 6.43. The van der Waals surface area contributed by atoms with Crippen molar-refractivity contribution in [1.82, 2.24) is 4.57 Å². The molecule has 1 heterocycles. The number of aromatic nitrogens is 1. The van der Waals surface area contributed by atoms with Gasteiger partial charge in [0.05, 0.1) is 12.1 Å². The number of rotatable bonds is 4. The maximum Gasteiger partial charge on any atom is 0.422 e. The van der Waals surface area contributed by atoms with Crippen LogP contribution in [0.4, 0.5) is 0 Å². The van der Waals surface area contributed by atoms with Gasteiger partial charge in [-0.15, -0.1) is 0 Å². The van der Waals surface area contributed by atoms with Gasteiger partial charge in [0.1, 0.15) is 0 Å². The molecule has 0 amide bonds. The molecule has 23 heavy (non-hydrogen) atoms. The predicted molar refractivity (Wildman–Crippen MR) is 88.8 cm³/mol. The van der Waals surface area contributed by atoms with E-state index in [1.807, 2.05) is 60.7 Å². The fourth-order valence-electron chi connectivity index (χ4n) is 2.59. The van der Waals surface area contributed by atoms with Crippen LogP contribution in [-0.2, 0) is 13.0 Å². The summed E-state index contributed by atoms with van der Waals surface area (Å²) in [4.78, 5) is 24.2. The molecule has 0 aliphatic heterocycles. The summed E-state index contributed by atoms with van der Waals surface area (Å²) in [7, 11) is 0. The van der Waals surface area contributed by atoms with E-state index < -0.39 is 11.4 Å². The number of nitrogens with zero attached hydrogens (tertiary/aromatic N) is 1. The molecule has 0 radical (unpaired) electrons. The lowest BCUT2D eigenvalue weighted by molar-refractivity contribution is 0.397. The van der Waals surface area contributed by atoms with Crippen molar-refractivity contribution in [3.63, 3.8) is 0 Å². The Labute approximate surface area is 133 Å². The van der Waals surface area contributed by atoms with Crippen molar-refractivity contribution >= 4 is 0 Å². The lowest BCUT2D eigenvalue weighted by atomic mass is 10.1. The zero-order valence-electron chi connectivity index (χ0n) is 12.9. The third-order valence-corrected chi connectivity index (χ3v) is 3.90. The number of hydrogen-bond acceptors (Lipinski definition) is 3. The first-order chi connectivity index (χ1) is 11.1. The van der Waals surface area contributed by atoms with Crippen LogP contribution in [-0.4, -0.2) is 4.57 Å². The SMILES string of the molecule is Cc1c(Cc2ccccc2)c(=O)oc(=O)n1Cc1ccccc1. The monoisotopic (exact) mass is 307 g/mol. The molecule has 0 aliphatic rings. The summed E-state index contributed by atoms with van der Waals surface area (Å²) >= 11 is 0. The Hall–Kier alpha value is -2.88. The molecule has 3 rings (SSSR count). The van der Waals surface area contributed by atoms with E-state index in [-0.39, 0.29) is 0 Å². The Morgan fingerprint density at radius 1 is 0.870 bits per heavy atom. The molecule has 0 saturated heterocycles. The minimum Gasteiger partial charge on any atom is -0.372 e. The van der Waals surface area contributed by atoms with Crippen LogP contribution >= 0.6 is 0 Å². The minimum atomic E-state index is -0.617. The third-order valence-electron chi connectivity index (χ3n) is 3.90. The van der Waals surface area contributed by atoms with E-state index in [4.69, 9.17) is 4.42 Å². The quantitative estimate of drug-likeness (QED) is 0.745. The minimum absolute atomic E-state index is 0.386. The van der Waals surface area contributed by atoms with Crippen molar-refractivity contribution < 1.29 is 4.42 Å². The van der Waals surface area contributed by atoms with Gasteiger partial charge in [0.2, 0.25) is 0 Å². The molecule has 4 nitrogen and oxygen atoms in total. The van der Waals surface area contributed by atoms with E-state index >= 15 is 0 Å². The van der Waals surface area contributed by atoms with Gasteiger partial charge in [0.25, 0.3) is 0 Å². The lowest BCUT2D eigenvalue weighted by Crippen LogP contribution is -2.30. The average Bonchev–Trinajstić information content (AvgIpc) is 2.57.